The van der Waals surface area contributed by atoms with Crippen LogP contribution in [-0.4, -0.2) is 38.0 Å². The van der Waals surface area contributed by atoms with Gasteiger partial charge in [0.05, 0.1) is 6.61 Å². The zero-order valence-corrected chi connectivity index (χ0v) is 17.0. The monoisotopic (exact) mass is 352 g/mol. The number of hydrogen-bond donors (Lipinski definition) is 1. The standard InChI is InChI=1S/C19H32O4Si/c1-18(2,3)24(6,7)21-13-15-17(23-19(4,5)22-15)16(20)14-11-9-8-10-12-14/h8-12,15-17,20H,13H2,1-7H3/t15-,16-,17+/m1/s1. The molecule has 0 aromatic heterocycles. The Morgan fingerprint density at radius 3 is 2.29 bits per heavy atom. The van der Waals surface area contributed by atoms with Gasteiger partial charge in [-0.2, -0.15) is 0 Å². The van der Waals surface area contributed by atoms with Crippen LogP contribution in [0.15, 0.2) is 30.3 Å². The zero-order valence-electron chi connectivity index (χ0n) is 16.0. The Hall–Kier alpha value is -0.723. The first-order chi connectivity index (χ1) is 10.9. The normalized spacial score (nSPS) is 25.7. The highest BCUT2D eigenvalue weighted by Crippen LogP contribution is 2.39. The van der Waals surface area contributed by atoms with Crippen molar-refractivity contribution in [3.63, 3.8) is 0 Å². The van der Waals surface area contributed by atoms with Gasteiger partial charge in [-0.3, -0.25) is 0 Å². The molecule has 1 aromatic carbocycles. The molecule has 1 fully saturated rings. The van der Waals surface area contributed by atoms with Crippen LogP contribution in [0.4, 0.5) is 0 Å². The minimum absolute atomic E-state index is 0.134. The molecule has 4 nitrogen and oxygen atoms in total. The summed E-state index contributed by atoms with van der Waals surface area (Å²) in [5, 5.41) is 10.9. The maximum absolute atomic E-state index is 10.8. The van der Waals surface area contributed by atoms with Crippen LogP contribution in [0.25, 0.3) is 0 Å². The maximum atomic E-state index is 10.8. The third-order valence-electron chi connectivity index (χ3n) is 5.09. The summed E-state index contributed by atoms with van der Waals surface area (Å²) in [5.74, 6) is -0.720. The smallest absolute Gasteiger partial charge is 0.192 e. The molecule has 0 bridgehead atoms. The van der Waals surface area contributed by atoms with Gasteiger partial charge in [0.25, 0.3) is 0 Å². The van der Waals surface area contributed by atoms with E-state index in [0.29, 0.717) is 6.61 Å². The van der Waals surface area contributed by atoms with E-state index >= 15 is 0 Å². The molecule has 5 heteroatoms. The lowest BCUT2D eigenvalue weighted by molar-refractivity contribution is -0.157. The molecule has 1 aliphatic rings. The van der Waals surface area contributed by atoms with Crippen molar-refractivity contribution >= 4 is 8.32 Å². The van der Waals surface area contributed by atoms with Crippen LogP contribution in [-0.2, 0) is 13.9 Å². The van der Waals surface area contributed by atoms with E-state index in [-0.39, 0.29) is 11.1 Å². The maximum Gasteiger partial charge on any atom is 0.192 e. The van der Waals surface area contributed by atoms with Crippen LogP contribution < -0.4 is 0 Å². The summed E-state index contributed by atoms with van der Waals surface area (Å²) in [6.45, 7) is 15.3. The number of ether oxygens (including phenoxy) is 2. The number of aliphatic hydroxyl groups excluding tert-OH is 1. The minimum atomic E-state index is -1.88. The van der Waals surface area contributed by atoms with Gasteiger partial charge in [-0.15, -0.1) is 0 Å². The summed E-state index contributed by atoms with van der Waals surface area (Å²) in [5.41, 5.74) is 0.834. The predicted octanol–water partition coefficient (Wildman–Crippen LogP) is 4.26. The third kappa shape index (κ3) is 4.46. The Morgan fingerprint density at radius 1 is 1.17 bits per heavy atom. The molecule has 0 spiro atoms. The molecule has 0 amide bonds. The van der Waals surface area contributed by atoms with E-state index in [0.717, 1.165) is 5.56 Å². The zero-order chi connectivity index (χ0) is 18.2. The summed E-state index contributed by atoms with van der Waals surface area (Å²) in [6.07, 6.45) is -1.46. The quantitative estimate of drug-likeness (QED) is 0.804. The first-order valence-electron chi connectivity index (χ1n) is 8.65. The third-order valence-corrected chi connectivity index (χ3v) is 9.59. The average molecular weight is 353 g/mol. The first kappa shape index (κ1) is 19.6. The highest BCUT2D eigenvalue weighted by molar-refractivity contribution is 6.74. The highest BCUT2D eigenvalue weighted by atomic mass is 28.4. The molecule has 0 radical (unpaired) electrons. The molecule has 1 aromatic rings. The van der Waals surface area contributed by atoms with Gasteiger partial charge in [0.2, 0.25) is 0 Å². The van der Waals surface area contributed by atoms with Gasteiger partial charge >= 0.3 is 0 Å². The molecule has 0 unspecified atom stereocenters. The van der Waals surface area contributed by atoms with E-state index in [9.17, 15) is 5.11 Å². The summed E-state index contributed by atoms with van der Waals surface area (Å²) in [6, 6.07) is 9.59. The predicted molar refractivity (Wildman–Crippen MR) is 98.4 cm³/mol. The number of hydrogen-bond acceptors (Lipinski definition) is 4. The summed E-state index contributed by atoms with van der Waals surface area (Å²) >= 11 is 0. The molecule has 0 saturated carbocycles. The van der Waals surface area contributed by atoms with Crippen molar-refractivity contribution in [2.75, 3.05) is 6.61 Å². The van der Waals surface area contributed by atoms with Crippen LogP contribution >= 0.6 is 0 Å². The first-order valence-corrected chi connectivity index (χ1v) is 11.6. The van der Waals surface area contributed by atoms with Gasteiger partial charge in [0, 0.05) is 0 Å². The van der Waals surface area contributed by atoms with E-state index in [2.05, 4.69) is 33.9 Å². The Bertz CT molecular complexity index is 536. The Morgan fingerprint density at radius 2 is 1.75 bits per heavy atom. The Balaban J connectivity index is 2.12. The van der Waals surface area contributed by atoms with Crippen molar-refractivity contribution in [1.29, 1.82) is 0 Å². The van der Waals surface area contributed by atoms with Gasteiger partial charge < -0.3 is 19.0 Å². The van der Waals surface area contributed by atoms with E-state index in [4.69, 9.17) is 13.9 Å². The molecule has 24 heavy (non-hydrogen) atoms. The van der Waals surface area contributed by atoms with Gasteiger partial charge in [0.15, 0.2) is 14.1 Å². The summed E-state index contributed by atoms with van der Waals surface area (Å²) in [7, 11) is -1.88. The summed E-state index contributed by atoms with van der Waals surface area (Å²) < 4.78 is 18.3. The van der Waals surface area contributed by atoms with Crippen molar-refractivity contribution in [3.05, 3.63) is 35.9 Å². The lowest BCUT2D eigenvalue weighted by Crippen LogP contribution is -2.44. The Kier molecular flexibility index (Phi) is 5.62. The number of aliphatic hydroxyl groups is 1. The molecular weight excluding hydrogens is 320 g/mol. The van der Waals surface area contributed by atoms with Crippen molar-refractivity contribution in [2.24, 2.45) is 0 Å². The van der Waals surface area contributed by atoms with Crippen molar-refractivity contribution in [2.45, 2.75) is 76.8 Å². The van der Waals surface area contributed by atoms with Crippen molar-refractivity contribution in [3.8, 4) is 0 Å². The fraction of sp³-hybridized carbons (Fsp3) is 0.684. The van der Waals surface area contributed by atoms with Crippen LogP contribution in [0.5, 0.6) is 0 Å². The molecule has 1 N–H and O–H groups in total. The van der Waals surface area contributed by atoms with E-state index in [1.165, 1.54) is 0 Å². The van der Waals surface area contributed by atoms with Crippen molar-refractivity contribution in [1.82, 2.24) is 0 Å². The molecule has 2 rings (SSSR count). The minimum Gasteiger partial charge on any atom is -0.414 e. The molecule has 3 atom stereocenters. The van der Waals surface area contributed by atoms with Crippen LogP contribution in [0.3, 0.4) is 0 Å². The van der Waals surface area contributed by atoms with Gasteiger partial charge in [-0.05, 0) is 37.5 Å². The SMILES string of the molecule is CC1(C)O[C@H]([C@H](O)c2ccccc2)[C@@H](CO[Si](C)(C)C(C)(C)C)O1. The lowest BCUT2D eigenvalue weighted by atomic mass is 10.0. The number of rotatable bonds is 5. The lowest BCUT2D eigenvalue weighted by Gasteiger charge is -2.37. The molecule has 1 aliphatic heterocycles. The van der Waals surface area contributed by atoms with Crippen LogP contribution in [0.1, 0.15) is 46.3 Å². The van der Waals surface area contributed by atoms with E-state index in [1.54, 1.807) is 0 Å². The van der Waals surface area contributed by atoms with Gasteiger partial charge in [0.1, 0.15) is 18.3 Å². The van der Waals surface area contributed by atoms with Crippen LogP contribution in [0, 0.1) is 0 Å². The molecule has 136 valence electrons. The average Bonchev–Trinajstić information content (AvgIpc) is 2.79. The second-order valence-electron chi connectivity index (χ2n) is 8.57. The molecule has 1 saturated heterocycles. The molecule has 1 heterocycles. The fourth-order valence-corrected chi connectivity index (χ4v) is 3.62. The topological polar surface area (TPSA) is 47.9 Å². The summed E-state index contributed by atoms with van der Waals surface area (Å²) in [4.78, 5) is 0. The second kappa shape index (κ2) is 6.88. The van der Waals surface area contributed by atoms with Crippen LogP contribution in [0.2, 0.25) is 18.1 Å². The molecular formula is C19H32O4Si. The van der Waals surface area contributed by atoms with Gasteiger partial charge in [-0.25, -0.2) is 0 Å². The highest BCUT2D eigenvalue weighted by Gasteiger charge is 2.47. The fourth-order valence-electron chi connectivity index (χ4n) is 2.61. The second-order valence-corrected chi connectivity index (χ2v) is 13.4. The van der Waals surface area contributed by atoms with E-state index in [1.807, 2.05) is 44.2 Å². The largest absolute Gasteiger partial charge is 0.414 e. The van der Waals surface area contributed by atoms with Crippen molar-refractivity contribution < 1.29 is 19.0 Å². The van der Waals surface area contributed by atoms with E-state index < -0.39 is 26.3 Å². The Labute approximate surface area is 147 Å². The molecule has 0 aliphatic carbocycles. The number of benzene rings is 1. The van der Waals surface area contributed by atoms with Gasteiger partial charge in [-0.1, -0.05) is 51.1 Å².